The number of alkyl halides is 1. The smallest absolute Gasteiger partial charge is 0.133 e. The fraction of sp³-hybridized carbons (Fsp3) is 0.571. The molecule has 1 rings (SSSR count). The normalized spacial score (nSPS) is 13.3. The third-order valence-electron chi connectivity index (χ3n) is 3.37. The highest BCUT2D eigenvalue weighted by Gasteiger charge is 2.30. The van der Waals surface area contributed by atoms with Crippen LogP contribution in [0.5, 0.6) is 11.5 Å². The minimum atomic E-state index is 0.145. The van der Waals surface area contributed by atoms with Crippen molar-refractivity contribution in [2.45, 2.75) is 32.0 Å². The van der Waals surface area contributed by atoms with E-state index in [0.29, 0.717) is 0 Å². The molecular formula is C14H20Br2O2. The van der Waals surface area contributed by atoms with Crippen molar-refractivity contribution in [2.24, 2.45) is 5.41 Å². The molecule has 0 aliphatic carbocycles. The summed E-state index contributed by atoms with van der Waals surface area (Å²) < 4.78 is 11.7. The Morgan fingerprint density at radius 2 is 1.72 bits per heavy atom. The van der Waals surface area contributed by atoms with Gasteiger partial charge in [-0.05, 0) is 39.9 Å². The van der Waals surface area contributed by atoms with Crippen LogP contribution in [0, 0.1) is 5.41 Å². The molecule has 1 aromatic rings. The summed E-state index contributed by atoms with van der Waals surface area (Å²) in [6, 6.07) is 3.98. The van der Waals surface area contributed by atoms with Crippen molar-refractivity contribution in [2.75, 3.05) is 14.2 Å². The Kier molecular flexibility index (Phi) is 5.53. The molecule has 0 bridgehead atoms. The van der Waals surface area contributed by atoms with Crippen LogP contribution in [0.25, 0.3) is 0 Å². The molecule has 1 unspecified atom stereocenters. The van der Waals surface area contributed by atoms with E-state index in [-0.39, 0.29) is 10.2 Å². The van der Waals surface area contributed by atoms with E-state index in [1.165, 1.54) is 0 Å². The lowest BCUT2D eigenvalue weighted by Crippen LogP contribution is -2.17. The van der Waals surface area contributed by atoms with Gasteiger partial charge in [-0.1, -0.05) is 36.7 Å². The average molecular weight is 380 g/mol. The van der Waals surface area contributed by atoms with E-state index < -0.39 is 0 Å². The van der Waals surface area contributed by atoms with Crippen LogP contribution in [0.3, 0.4) is 0 Å². The molecule has 0 heterocycles. The molecule has 18 heavy (non-hydrogen) atoms. The third-order valence-corrected chi connectivity index (χ3v) is 5.73. The van der Waals surface area contributed by atoms with E-state index in [1.54, 1.807) is 14.2 Å². The molecule has 0 saturated carbocycles. The van der Waals surface area contributed by atoms with Gasteiger partial charge in [0.1, 0.15) is 11.5 Å². The molecule has 0 aromatic heterocycles. The monoisotopic (exact) mass is 378 g/mol. The summed E-state index contributed by atoms with van der Waals surface area (Å²) in [6.45, 7) is 6.66. The first-order chi connectivity index (χ1) is 8.37. The van der Waals surface area contributed by atoms with Crippen molar-refractivity contribution in [3.05, 3.63) is 22.2 Å². The van der Waals surface area contributed by atoms with Crippen LogP contribution in [-0.4, -0.2) is 14.2 Å². The first kappa shape index (κ1) is 15.8. The Morgan fingerprint density at radius 3 is 2.17 bits per heavy atom. The number of ether oxygens (including phenoxy) is 2. The van der Waals surface area contributed by atoms with E-state index in [4.69, 9.17) is 9.47 Å². The largest absolute Gasteiger partial charge is 0.496 e. The number of hydrogen-bond donors (Lipinski definition) is 0. The van der Waals surface area contributed by atoms with Gasteiger partial charge >= 0.3 is 0 Å². The highest BCUT2D eigenvalue weighted by molar-refractivity contribution is 9.10. The van der Waals surface area contributed by atoms with E-state index in [0.717, 1.165) is 28.0 Å². The van der Waals surface area contributed by atoms with Crippen LogP contribution in [0.2, 0.25) is 0 Å². The van der Waals surface area contributed by atoms with Crippen LogP contribution in [-0.2, 0) is 0 Å². The number of rotatable bonds is 5. The predicted octanol–water partition coefficient (Wildman–Crippen LogP) is 5.34. The topological polar surface area (TPSA) is 18.5 Å². The molecule has 4 heteroatoms. The van der Waals surface area contributed by atoms with E-state index in [1.807, 2.05) is 12.1 Å². The van der Waals surface area contributed by atoms with E-state index in [2.05, 4.69) is 52.6 Å². The maximum Gasteiger partial charge on any atom is 0.133 e. The number of halogens is 2. The maximum absolute atomic E-state index is 5.47. The van der Waals surface area contributed by atoms with E-state index >= 15 is 0 Å². The second kappa shape index (κ2) is 6.29. The zero-order valence-electron chi connectivity index (χ0n) is 11.5. The van der Waals surface area contributed by atoms with Gasteiger partial charge in [0.05, 0.1) is 18.7 Å². The van der Waals surface area contributed by atoms with Crippen LogP contribution in [0.15, 0.2) is 16.6 Å². The molecule has 1 atom stereocenters. The molecule has 0 fully saturated rings. The summed E-state index contributed by atoms with van der Waals surface area (Å²) in [5.41, 5.74) is 1.26. The van der Waals surface area contributed by atoms with Crippen LogP contribution >= 0.6 is 31.9 Å². The van der Waals surface area contributed by atoms with Crippen molar-refractivity contribution in [3.63, 3.8) is 0 Å². The Bertz CT molecular complexity index is 417. The first-order valence-corrected chi connectivity index (χ1v) is 7.63. The van der Waals surface area contributed by atoms with E-state index in [9.17, 15) is 0 Å². The second-order valence-electron chi connectivity index (χ2n) is 4.93. The zero-order valence-corrected chi connectivity index (χ0v) is 14.7. The molecular weight excluding hydrogens is 360 g/mol. The Hall–Kier alpha value is -0.220. The summed E-state index contributed by atoms with van der Waals surface area (Å²) in [7, 11) is 3.36. The minimum absolute atomic E-state index is 0.145. The quantitative estimate of drug-likeness (QED) is 0.643. The Morgan fingerprint density at radius 1 is 1.17 bits per heavy atom. The number of benzene rings is 1. The van der Waals surface area contributed by atoms with Gasteiger partial charge in [-0.2, -0.15) is 0 Å². The van der Waals surface area contributed by atoms with Gasteiger partial charge < -0.3 is 9.47 Å². The third kappa shape index (κ3) is 3.21. The molecule has 102 valence electrons. The van der Waals surface area contributed by atoms with Crippen molar-refractivity contribution in [1.29, 1.82) is 0 Å². The molecule has 2 nitrogen and oxygen atoms in total. The second-order valence-corrected chi connectivity index (χ2v) is 6.70. The van der Waals surface area contributed by atoms with Gasteiger partial charge in [-0.15, -0.1) is 0 Å². The lowest BCUT2D eigenvalue weighted by atomic mass is 9.83. The summed E-state index contributed by atoms with van der Waals surface area (Å²) >= 11 is 7.27. The lowest BCUT2D eigenvalue weighted by molar-refractivity contribution is 0.332. The molecule has 0 radical (unpaired) electrons. The Balaban J connectivity index is 3.29. The fourth-order valence-electron chi connectivity index (χ4n) is 1.68. The van der Waals surface area contributed by atoms with Crippen molar-refractivity contribution < 1.29 is 9.47 Å². The number of methoxy groups -OCH3 is 2. The van der Waals surface area contributed by atoms with Gasteiger partial charge in [0.25, 0.3) is 0 Å². The van der Waals surface area contributed by atoms with Gasteiger partial charge in [0.2, 0.25) is 0 Å². The van der Waals surface area contributed by atoms with Gasteiger partial charge in [-0.3, -0.25) is 0 Å². The fourth-order valence-corrected chi connectivity index (χ4v) is 2.85. The predicted molar refractivity (Wildman–Crippen MR) is 83.0 cm³/mol. The van der Waals surface area contributed by atoms with Crippen molar-refractivity contribution in [3.8, 4) is 11.5 Å². The minimum Gasteiger partial charge on any atom is -0.496 e. The molecule has 0 N–H and O–H groups in total. The summed E-state index contributed by atoms with van der Waals surface area (Å²) in [5, 5.41) is 0. The summed E-state index contributed by atoms with van der Waals surface area (Å²) in [5.74, 6) is 1.69. The van der Waals surface area contributed by atoms with Crippen molar-refractivity contribution >= 4 is 31.9 Å². The van der Waals surface area contributed by atoms with Crippen LogP contribution in [0.1, 0.15) is 37.6 Å². The first-order valence-electron chi connectivity index (χ1n) is 5.92. The zero-order chi connectivity index (χ0) is 13.9. The van der Waals surface area contributed by atoms with Crippen LogP contribution < -0.4 is 9.47 Å². The molecule has 0 amide bonds. The van der Waals surface area contributed by atoms with Gasteiger partial charge in [0.15, 0.2) is 0 Å². The van der Waals surface area contributed by atoms with Gasteiger partial charge in [0, 0.05) is 10.4 Å². The average Bonchev–Trinajstić information content (AvgIpc) is 2.37. The Labute approximate surface area is 126 Å². The SMILES string of the molecule is CCC(C)(C)C(Br)c1cc(OC)c(Br)cc1OC. The highest BCUT2D eigenvalue weighted by Crippen LogP contribution is 2.48. The molecule has 0 aliphatic heterocycles. The van der Waals surface area contributed by atoms with Crippen LogP contribution in [0.4, 0.5) is 0 Å². The molecule has 0 saturated heterocycles. The summed E-state index contributed by atoms with van der Waals surface area (Å²) in [6.07, 6.45) is 1.07. The number of hydrogen-bond acceptors (Lipinski definition) is 2. The maximum atomic E-state index is 5.47. The summed E-state index contributed by atoms with van der Waals surface area (Å²) in [4.78, 5) is 0.215. The van der Waals surface area contributed by atoms with Crippen molar-refractivity contribution in [1.82, 2.24) is 0 Å². The van der Waals surface area contributed by atoms with Gasteiger partial charge in [-0.25, -0.2) is 0 Å². The highest BCUT2D eigenvalue weighted by atomic mass is 79.9. The molecule has 1 aromatic carbocycles. The molecule has 0 spiro atoms. The standard InChI is InChI=1S/C14H20Br2O2/c1-6-14(2,3)13(16)9-7-12(18-5)10(15)8-11(9)17-4/h7-8,13H,6H2,1-5H3. The lowest BCUT2D eigenvalue weighted by Gasteiger charge is -2.30. The molecule has 0 aliphatic rings.